The average Bonchev–Trinajstić information content (AvgIpc) is 3.41. The van der Waals surface area contributed by atoms with E-state index < -0.39 is 12.1 Å². The van der Waals surface area contributed by atoms with Crippen LogP contribution in [0.4, 0.5) is 0 Å². The van der Waals surface area contributed by atoms with Crippen molar-refractivity contribution in [2.24, 2.45) is 0 Å². The average molecular weight is 1060 g/mol. The van der Waals surface area contributed by atoms with Gasteiger partial charge in [0.15, 0.2) is 0 Å². The highest BCUT2D eigenvalue weighted by Crippen LogP contribution is 2.19. The van der Waals surface area contributed by atoms with Crippen molar-refractivity contribution in [3.63, 3.8) is 0 Å². The summed E-state index contributed by atoms with van der Waals surface area (Å²) in [6, 6.07) is -0.539. The Labute approximate surface area is 469 Å². The molecule has 6 nitrogen and oxygen atoms in total. The maximum Gasteiger partial charge on any atom is 0.305 e. The highest BCUT2D eigenvalue weighted by Gasteiger charge is 2.20. The molecule has 0 spiro atoms. The molecule has 0 aliphatic carbocycles. The molecule has 2 unspecified atom stereocenters. The van der Waals surface area contributed by atoms with Crippen LogP contribution >= 0.6 is 0 Å². The summed E-state index contributed by atoms with van der Waals surface area (Å²) in [5, 5.41) is 23.3. The van der Waals surface area contributed by atoms with E-state index in [2.05, 4.69) is 31.3 Å². The fraction of sp³-hybridized carbons (Fsp3) is 0.942. The van der Waals surface area contributed by atoms with Crippen LogP contribution in [0.25, 0.3) is 0 Å². The van der Waals surface area contributed by atoms with Crippen molar-refractivity contribution in [2.45, 2.75) is 405 Å². The van der Waals surface area contributed by atoms with Gasteiger partial charge in [-0.2, -0.15) is 0 Å². The fourth-order valence-electron chi connectivity index (χ4n) is 11.1. The minimum Gasteiger partial charge on any atom is -0.466 e. The third-order valence-corrected chi connectivity index (χ3v) is 16.3. The lowest BCUT2D eigenvalue weighted by Gasteiger charge is -2.22. The molecule has 446 valence electrons. The summed E-state index contributed by atoms with van der Waals surface area (Å²) in [5.41, 5.74) is 0. The van der Waals surface area contributed by atoms with Crippen molar-refractivity contribution in [1.82, 2.24) is 5.32 Å². The highest BCUT2D eigenvalue weighted by molar-refractivity contribution is 5.76. The fourth-order valence-corrected chi connectivity index (χ4v) is 11.1. The number of ether oxygens (including phenoxy) is 1. The molecule has 1 amide bonds. The predicted molar refractivity (Wildman–Crippen MR) is 329 cm³/mol. The molecule has 0 aliphatic rings. The van der Waals surface area contributed by atoms with E-state index in [1.807, 2.05) is 0 Å². The summed E-state index contributed by atoms with van der Waals surface area (Å²) >= 11 is 0. The second-order valence-electron chi connectivity index (χ2n) is 23.9. The molecule has 6 heteroatoms. The zero-order valence-electron chi connectivity index (χ0n) is 51.1. The van der Waals surface area contributed by atoms with Crippen molar-refractivity contribution in [3.05, 3.63) is 12.2 Å². The maximum atomic E-state index is 12.5. The van der Waals surface area contributed by atoms with Crippen molar-refractivity contribution in [3.8, 4) is 0 Å². The number of aliphatic hydroxyl groups excluding tert-OH is 2. The molecule has 0 saturated carbocycles. The number of carbonyl (C=O) groups is 2. The Bertz CT molecular complexity index is 1130. The quantitative estimate of drug-likeness (QED) is 0.0320. The van der Waals surface area contributed by atoms with Gasteiger partial charge in [-0.1, -0.05) is 341 Å². The highest BCUT2D eigenvalue weighted by atomic mass is 16.5. The number of nitrogens with one attached hydrogen (secondary N) is 1. The number of allylic oxidation sites excluding steroid dienone is 2. The van der Waals surface area contributed by atoms with Gasteiger partial charge < -0.3 is 20.3 Å². The van der Waals surface area contributed by atoms with Crippen LogP contribution in [0.5, 0.6) is 0 Å². The topological polar surface area (TPSA) is 95.9 Å². The first-order valence-electron chi connectivity index (χ1n) is 34.4. The molecule has 0 aliphatic heterocycles. The standard InChI is InChI=1S/C69H135NO5/c1-3-5-7-9-11-13-15-17-34-38-41-45-49-53-57-61-67(72)66(65-71)70-68(73)62-58-54-50-46-42-39-35-32-30-28-26-24-22-20-18-19-21-23-25-27-29-31-33-36-40-44-48-52-56-60-64-75-69(74)63-59-55-51-47-43-37-16-14-12-10-8-6-4-2/h19,21,66-67,71-72H,3-18,20,22-65H2,1-2H3,(H,70,73)/b21-19-. The van der Waals surface area contributed by atoms with Crippen molar-refractivity contribution in [2.75, 3.05) is 13.2 Å². The number of rotatable bonds is 65. The molecule has 0 aromatic rings. The van der Waals surface area contributed by atoms with Crippen molar-refractivity contribution in [1.29, 1.82) is 0 Å². The first kappa shape index (κ1) is 73.6. The molecule has 0 aromatic heterocycles. The smallest absolute Gasteiger partial charge is 0.305 e. The molecule has 0 radical (unpaired) electrons. The van der Waals surface area contributed by atoms with E-state index in [0.29, 0.717) is 25.9 Å². The largest absolute Gasteiger partial charge is 0.466 e. The lowest BCUT2D eigenvalue weighted by molar-refractivity contribution is -0.143. The molecule has 75 heavy (non-hydrogen) atoms. The maximum absolute atomic E-state index is 12.5. The van der Waals surface area contributed by atoms with Gasteiger partial charge in [-0.05, 0) is 51.4 Å². The zero-order chi connectivity index (χ0) is 54.3. The lowest BCUT2D eigenvalue weighted by Crippen LogP contribution is -2.45. The number of unbranched alkanes of at least 4 members (excludes halogenated alkanes) is 52. The van der Waals surface area contributed by atoms with E-state index in [1.165, 1.54) is 321 Å². The van der Waals surface area contributed by atoms with Gasteiger partial charge in [-0.25, -0.2) is 0 Å². The van der Waals surface area contributed by atoms with E-state index in [0.717, 1.165) is 38.5 Å². The molecule has 0 rings (SSSR count). The third-order valence-electron chi connectivity index (χ3n) is 16.3. The van der Waals surface area contributed by atoms with Crippen molar-refractivity contribution >= 4 is 11.9 Å². The van der Waals surface area contributed by atoms with E-state index in [-0.39, 0.29) is 18.5 Å². The molecule has 0 aromatic carbocycles. The van der Waals surface area contributed by atoms with E-state index in [9.17, 15) is 19.8 Å². The van der Waals surface area contributed by atoms with Crippen LogP contribution in [0, 0.1) is 0 Å². The second-order valence-corrected chi connectivity index (χ2v) is 23.9. The number of amides is 1. The van der Waals surface area contributed by atoms with Gasteiger partial charge in [0.2, 0.25) is 5.91 Å². The summed E-state index contributed by atoms with van der Waals surface area (Å²) in [7, 11) is 0. The molecule has 0 saturated heterocycles. The number of hydrogen-bond acceptors (Lipinski definition) is 5. The number of aliphatic hydroxyl groups is 2. The first-order valence-corrected chi connectivity index (χ1v) is 34.4. The van der Waals surface area contributed by atoms with Gasteiger partial charge in [-0.15, -0.1) is 0 Å². The minimum atomic E-state index is -0.662. The Hall–Kier alpha value is -1.40. The molecule has 2 atom stereocenters. The van der Waals surface area contributed by atoms with Gasteiger partial charge in [0.1, 0.15) is 0 Å². The summed E-state index contributed by atoms with van der Waals surface area (Å²) in [6.07, 6.45) is 79.7. The second kappa shape index (κ2) is 65.1. The molecular weight excluding hydrogens is 923 g/mol. The van der Waals surface area contributed by atoms with Gasteiger partial charge >= 0.3 is 5.97 Å². The van der Waals surface area contributed by atoms with Crippen LogP contribution in [0.1, 0.15) is 393 Å². The van der Waals surface area contributed by atoms with Gasteiger partial charge in [0.05, 0.1) is 25.4 Å². The van der Waals surface area contributed by atoms with Crippen LogP contribution in [0.3, 0.4) is 0 Å². The van der Waals surface area contributed by atoms with Gasteiger partial charge in [0.25, 0.3) is 0 Å². The normalized spacial score (nSPS) is 12.5. The molecule has 0 fully saturated rings. The SMILES string of the molecule is CCCCCCCCCCCCCCCCCC(O)C(CO)NC(=O)CCCCCCCCCCCCCCCC/C=C\CCCCCCCCCCCCCCOC(=O)CCCCCCCCCCCCCCC. The Kier molecular flexibility index (Phi) is 63.9. The Balaban J connectivity index is 3.35. The Morgan fingerprint density at radius 2 is 0.627 bits per heavy atom. The summed E-state index contributed by atoms with van der Waals surface area (Å²) in [6.45, 7) is 4.99. The van der Waals surface area contributed by atoms with Gasteiger partial charge in [-0.3, -0.25) is 9.59 Å². The van der Waals surface area contributed by atoms with E-state index >= 15 is 0 Å². The first-order chi connectivity index (χ1) is 37.0. The van der Waals surface area contributed by atoms with Crippen LogP contribution in [0.15, 0.2) is 12.2 Å². The van der Waals surface area contributed by atoms with Crippen molar-refractivity contribution < 1.29 is 24.5 Å². The molecule has 0 bridgehead atoms. The van der Waals surface area contributed by atoms with Crippen LogP contribution < -0.4 is 5.32 Å². The van der Waals surface area contributed by atoms with Crippen LogP contribution in [-0.2, 0) is 14.3 Å². The van der Waals surface area contributed by atoms with Crippen LogP contribution in [-0.4, -0.2) is 47.4 Å². The van der Waals surface area contributed by atoms with Gasteiger partial charge in [0, 0.05) is 12.8 Å². The van der Waals surface area contributed by atoms with E-state index in [4.69, 9.17) is 4.74 Å². The molecule has 0 heterocycles. The molecule has 3 N–H and O–H groups in total. The third kappa shape index (κ3) is 61.7. The predicted octanol–water partition coefficient (Wildman–Crippen LogP) is 22.0. The summed E-state index contributed by atoms with van der Waals surface area (Å²) in [5.74, 6) is -0.0108. The van der Waals surface area contributed by atoms with E-state index in [1.54, 1.807) is 0 Å². The Morgan fingerprint density at radius 1 is 0.360 bits per heavy atom. The number of esters is 1. The Morgan fingerprint density at radius 3 is 0.947 bits per heavy atom. The molecular formula is C69H135NO5. The number of carbonyl (C=O) groups excluding carboxylic acids is 2. The lowest BCUT2D eigenvalue weighted by atomic mass is 10.0. The summed E-state index contributed by atoms with van der Waals surface area (Å²) < 4.78 is 5.49. The van der Waals surface area contributed by atoms with Crippen LogP contribution in [0.2, 0.25) is 0 Å². The monoisotopic (exact) mass is 1060 g/mol. The summed E-state index contributed by atoms with van der Waals surface area (Å²) in [4.78, 5) is 24.5. The minimum absolute atomic E-state index is 0.0195. The number of hydrogen-bond donors (Lipinski definition) is 3. The zero-order valence-corrected chi connectivity index (χ0v) is 51.1.